The first-order chi connectivity index (χ1) is 15.2. The van der Waals surface area contributed by atoms with Gasteiger partial charge in [-0.25, -0.2) is 0 Å². The molecule has 1 fully saturated rings. The van der Waals surface area contributed by atoms with Crippen LogP contribution in [0.5, 0.6) is 5.75 Å². The molecule has 1 saturated carbocycles. The van der Waals surface area contributed by atoms with Crippen molar-refractivity contribution in [3.63, 3.8) is 0 Å². The summed E-state index contributed by atoms with van der Waals surface area (Å²) in [6.07, 6.45) is -3.46. The van der Waals surface area contributed by atoms with Crippen LogP contribution >= 0.6 is 11.6 Å². The normalized spacial score (nSPS) is 13.9. The Bertz CT molecular complexity index is 1180. The zero-order valence-electron chi connectivity index (χ0n) is 17.1. The van der Waals surface area contributed by atoms with Gasteiger partial charge in [-0.05, 0) is 55.7 Å². The zero-order chi connectivity index (χ0) is 23.0. The lowest BCUT2D eigenvalue weighted by Gasteiger charge is -2.15. The fourth-order valence-corrected chi connectivity index (χ4v) is 3.77. The number of fused-ring (bicyclic) bond motifs is 1. The number of nitrogens with zero attached hydrogens (tertiary/aromatic N) is 1. The largest absolute Gasteiger partial charge is 0.494 e. The second-order valence-electron chi connectivity index (χ2n) is 7.62. The molecule has 1 aromatic heterocycles. The summed E-state index contributed by atoms with van der Waals surface area (Å²) in [4.78, 5) is 25.4. The van der Waals surface area contributed by atoms with Crippen LogP contribution < -0.4 is 10.1 Å². The fraction of sp³-hybridized carbons (Fsp3) is 0.304. The number of carbonyl (C=O) groups excluding carboxylic acids is 2. The highest BCUT2D eigenvalue weighted by molar-refractivity contribution is 6.45. The van der Waals surface area contributed by atoms with E-state index in [1.54, 1.807) is 37.3 Å². The smallest absolute Gasteiger partial charge is 0.432 e. The third-order valence-electron chi connectivity index (χ3n) is 5.21. The Morgan fingerprint density at radius 3 is 2.44 bits per heavy atom. The molecule has 3 aromatic rings. The van der Waals surface area contributed by atoms with Crippen LogP contribution in [0, 0.1) is 0 Å². The molecule has 168 valence electrons. The number of aromatic nitrogens is 1. The molecule has 0 saturated heterocycles. The van der Waals surface area contributed by atoms with E-state index in [-0.39, 0.29) is 23.5 Å². The molecule has 9 heteroatoms. The lowest BCUT2D eigenvalue weighted by atomic mass is 10.0. The van der Waals surface area contributed by atoms with E-state index in [9.17, 15) is 22.8 Å². The van der Waals surface area contributed by atoms with E-state index in [2.05, 4.69) is 5.32 Å². The Kier molecular flexibility index (Phi) is 5.90. The van der Waals surface area contributed by atoms with Crippen molar-refractivity contribution >= 4 is 34.2 Å². The minimum atomic E-state index is -4.87. The van der Waals surface area contributed by atoms with Gasteiger partial charge in [-0.15, -0.1) is 0 Å². The predicted octanol–water partition coefficient (Wildman–Crippen LogP) is 5.22. The van der Waals surface area contributed by atoms with Gasteiger partial charge in [-0.2, -0.15) is 13.2 Å². The number of ketones is 1. The Hall–Kier alpha value is -3.00. The number of carbonyl (C=O) groups is 2. The molecule has 0 unspecified atom stereocenters. The van der Waals surface area contributed by atoms with Crippen molar-refractivity contribution in [2.45, 2.75) is 38.5 Å². The number of Topliss-reactive ketones (excluding diaryl/α,β-unsaturated/α-hetero) is 1. The fourth-order valence-electron chi connectivity index (χ4n) is 3.64. The number of hydrogen-bond acceptors (Lipinski definition) is 3. The molecule has 0 aliphatic heterocycles. The van der Waals surface area contributed by atoms with Gasteiger partial charge >= 0.3 is 6.18 Å². The molecule has 0 radical (unpaired) electrons. The highest BCUT2D eigenvalue weighted by atomic mass is 35.5. The molecule has 0 atom stereocenters. The summed E-state index contributed by atoms with van der Waals surface area (Å²) in [5, 5.41) is 2.97. The Morgan fingerprint density at radius 1 is 1.16 bits per heavy atom. The van der Waals surface area contributed by atoms with E-state index < -0.39 is 29.1 Å². The standard InChI is InChI=1S/C23H20ClF3N2O3/c1-2-32-16-9-10-18-17(11-16)19(20(30)22(31)28-15-7-8-15)21(23(25,26)27)29(18)12-13-3-5-14(24)6-4-13/h3-6,9-11,15H,2,7-8,12H2,1H3,(H,28,31). The number of halogens is 4. The van der Waals surface area contributed by atoms with Crippen LogP contribution in [-0.2, 0) is 17.5 Å². The molecule has 1 amide bonds. The summed E-state index contributed by atoms with van der Waals surface area (Å²) >= 11 is 5.90. The van der Waals surface area contributed by atoms with Gasteiger partial charge in [0.2, 0.25) is 0 Å². The van der Waals surface area contributed by atoms with Crippen LogP contribution in [0.3, 0.4) is 0 Å². The van der Waals surface area contributed by atoms with Gasteiger partial charge in [0.05, 0.1) is 12.2 Å². The lowest BCUT2D eigenvalue weighted by Crippen LogP contribution is -2.34. The van der Waals surface area contributed by atoms with Crippen molar-refractivity contribution in [2.24, 2.45) is 0 Å². The van der Waals surface area contributed by atoms with Crippen LogP contribution in [-0.4, -0.2) is 28.9 Å². The maximum atomic E-state index is 14.3. The number of ether oxygens (including phenoxy) is 1. The average Bonchev–Trinajstić information content (AvgIpc) is 3.49. The summed E-state index contributed by atoms with van der Waals surface area (Å²) in [5.41, 5.74) is -1.08. The molecule has 0 bridgehead atoms. The number of hydrogen-bond donors (Lipinski definition) is 1. The summed E-state index contributed by atoms with van der Waals surface area (Å²) in [5.74, 6) is -1.93. The van der Waals surface area contributed by atoms with Gasteiger partial charge in [0.15, 0.2) is 0 Å². The van der Waals surface area contributed by atoms with E-state index in [1.165, 1.54) is 12.1 Å². The monoisotopic (exact) mass is 464 g/mol. The van der Waals surface area contributed by atoms with Gasteiger partial charge < -0.3 is 14.6 Å². The van der Waals surface area contributed by atoms with E-state index in [1.807, 2.05) is 0 Å². The van der Waals surface area contributed by atoms with Crippen LogP contribution in [0.25, 0.3) is 10.9 Å². The zero-order valence-corrected chi connectivity index (χ0v) is 17.9. The van der Waals surface area contributed by atoms with Gasteiger partial charge in [0.1, 0.15) is 11.4 Å². The van der Waals surface area contributed by atoms with Crippen molar-refractivity contribution in [1.29, 1.82) is 0 Å². The van der Waals surface area contributed by atoms with Crippen LogP contribution in [0.4, 0.5) is 13.2 Å². The molecule has 0 spiro atoms. The van der Waals surface area contributed by atoms with Crippen molar-refractivity contribution in [3.8, 4) is 5.75 Å². The number of benzene rings is 2. The molecule has 4 rings (SSSR count). The Labute approximate surface area is 187 Å². The summed E-state index contributed by atoms with van der Waals surface area (Å²) in [6.45, 7) is 1.88. The third-order valence-corrected chi connectivity index (χ3v) is 5.47. The maximum absolute atomic E-state index is 14.3. The molecular formula is C23H20ClF3N2O3. The van der Waals surface area contributed by atoms with Gasteiger partial charge in [-0.1, -0.05) is 23.7 Å². The van der Waals surface area contributed by atoms with Crippen molar-refractivity contribution in [3.05, 3.63) is 64.3 Å². The van der Waals surface area contributed by atoms with E-state index in [0.29, 0.717) is 35.8 Å². The topological polar surface area (TPSA) is 60.3 Å². The molecule has 1 N–H and O–H groups in total. The quantitative estimate of drug-likeness (QED) is 0.385. The third kappa shape index (κ3) is 4.46. The SMILES string of the molecule is CCOc1ccc2c(c1)c(C(=O)C(=O)NC1CC1)c(C(F)(F)F)n2Cc1ccc(Cl)cc1. The summed E-state index contributed by atoms with van der Waals surface area (Å²) < 4.78 is 49.4. The minimum absolute atomic E-state index is 0.0215. The molecule has 32 heavy (non-hydrogen) atoms. The van der Waals surface area contributed by atoms with Crippen molar-refractivity contribution in [1.82, 2.24) is 9.88 Å². The second kappa shape index (κ2) is 8.50. The van der Waals surface area contributed by atoms with E-state index in [4.69, 9.17) is 16.3 Å². The first-order valence-corrected chi connectivity index (χ1v) is 10.5. The van der Waals surface area contributed by atoms with Gasteiger partial charge in [-0.3, -0.25) is 9.59 Å². The average molecular weight is 465 g/mol. The van der Waals surface area contributed by atoms with Crippen LogP contribution in [0.2, 0.25) is 5.02 Å². The Morgan fingerprint density at radius 2 is 1.84 bits per heavy atom. The number of rotatable bonds is 7. The molecule has 1 aliphatic rings. The highest BCUT2D eigenvalue weighted by Crippen LogP contribution is 2.40. The van der Waals surface area contributed by atoms with Crippen LogP contribution in [0.15, 0.2) is 42.5 Å². The first kappa shape index (κ1) is 22.2. The predicted molar refractivity (Wildman–Crippen MR) is 114 cm³/mol. The lowest BCUT2D eigenvalue weighted by molar-refractivity contribution is -0.143. The highest BCUT2D eigenvalue weighted by Gasteiger charge is 2.43. The number of alkyl halides is 3. The van der Waals surface area contributed by atoms with Crippen LogP contribution in [0.1, 0.15) is 41.4 Å². The Balaban J connectivity index is 1.92. The van der Waals surface area contributed by atoms with E-state index >= 15 is 0 Å². The minimum Gasteiger partial charge on any atom is -0.494 e. The molecule has 1 aliphatic carbocycles. The van der Waals surface area contributed by atoms with Crippen molar-refractivity contribution in [2.75, 3.05) is 6.61 Å². The van der Waals surface area contributed by atoms with E-state index in [0.717, 1.165) is 4.57 Å². The van der Waals surface area contributed by atoms with Crippen molar-refractivity contribution < 1.29 is 27.5 Å². The molecule has 2 aromatic carbocycles. The number of nitrogens with one attached hydrogen (secondary N) is 1. The van der Waals surface area contributed by atoms with Gasteiger partial charge in [0.25, 0.3) is 11.7 Å². The molecule has 5 nitrogen and oxygen atoms in total. The number of amides is 1. The van der Waals surface area contributed by atoms with Gasteiger partial charge in [0, 0.05) is 28.5 Å². The summed E-state index contributed by atoms with van der Waals surface area (Å²) in [6, 6.07) is 10.6. The maximum Gasteiger partial charge on any atom is 0.432 e. The molecule has 1 heterocycles. The second-order valence-corrected chi connectivity index (χ2v) is 8.06. The summed E-state index contributed by atoms with van der Waals surface area (Å²) in [7, 11) is 0. The molecular weight excluding hydrogens is 445 g/mol. The first-order valence-electron chi connectivity index (χ1n) is 10.1.